The summed E-state index contributed by atoms with van der Waals surface area (Å²) in [6, 6.07) is 8.69. The van der Waals surface area contributed by atoms with Crippen LogP contribution in [0.25, 0.3) is 0 Å². The number of carbonyl (C=O) groups is 2. The summed E-state index contributed by atoms with van der Waals surface area (Å²) in [5, 5.41) is 7.32. The highest BCUT2D eigenvalue weighted by atomic mass is 19.4. The Kier molecular flexibility index (Phi) is 4.35. The zero-order chi connectivity index (χ0) is 18.0. The van der Waals surface area contributed by atoms with Crippen LogP contribution >= 0.6 is 0 Å². The Morgan fingerprint density at radius 2 is 1.84 bits per heavy atom. The number of anilines is 2. The molecular weight excluding hydrogens is 335 g/mol. The zero-order valence-electron chi connectivity index (χ0n) is 12.9. The van der Waals surface area contributed by atoms with Gasteiger partial charge in [-0.1, -0.05) is 18.2 Å². The van der Waals surface area contributed by atoms with Gasteiger partial charge in [0.15, 0.2) is 0 Å². The third-order valence-electron chi connectivity index (χ3n) is 3.77. The number of fused-ring (bicyclic) bond motifs is 1. The Balaban J connectivity index is 1.76. The van der Waals surface area contributed by atoms with Crippen LogP contribution in [-0.2, 0) is 12.6 Å². The summed E-state index contributed by atoms with van der Waals surface area (Å²) in [4.78, 5) is 23.8. The van der Waals surface area contributed by atoms with Crippen LogP contribution in [0.2, 0.25) is 0 Å². The number of hydrogen-bond acceptors (Lipinski definition) is 2. The Morgan fingerprint density at radius 3 is 2.60 bits per heavy atom. The van der Waals surface area contributed by atoms with Gasteiger partial charge in [-0.25, -0.2) is 4.79 Å². The number of para-hydroxylation sites is 1. The Labute approximate surface area is 141 Å². The molecule has 0 fully saturated rings. The van der Waals surface area contributed by atoms with E-state index in [1.54, 1.807) is 12.1 Å². The molecule has 8 heteroatoms. The molecule has 2 aromatic carbocycles. The van der Waals surface area contributed by atoms with Crippen molar-refractivity contribution in [3.05, 3.63) is 59.2 Å². The second-order valence-corrected chi connectivity index (χ2v) is 5.50. The number of halogens is 3. The first-order valence-electron chi connectivity index (χ1n) is 7.50. The van der Waals surface area contributed by atoms with Crippen molar-refractivity contribution < 1.29 is 22.8 Å². The summed E-state index contributed by atoms with van der Waals surface area (Å²) in [5.41, 5.74) is 0.341. The molecule has 0 aromatic heterocycles. The van der Waals surface area contributed by atoms with E-state index in [0.717, 1.165) is 11.6 Å². The minimum atomic E-state index is -4.58. The van der Waals surface area contributed by atoms with Crippen molar-refractivity contribution in [2.24, 2.45) is 0 Å². The third-order valence-corrected chi connectivity index (χ3v) is 3.77. The average molecular weight is 349 g/mol. The number of amides is 3. The van der Waals surface area contributed by atoms with Gasteiger partial charge in [0.1, 0.15) is 0 Å². The minimum absolute atomic E-state index is 0.243. The molecule has 0 saturated carbocycles. The molecule has 3 rings (SSSR count). The first kappa shape index (κ1) is 16.8. The topological polar surface area (TPSA) is 70.2 Å². The molecule has 0 atom stereocenters. The molecular formula is C17H14F3N3O2. The van der Waals surface area contributed by atoms with E-state index in [1.807, 2.05) is 0 Å². The third kappa shape index (κ3) is 3.73. The molecule has 3 amide bonds. The Hall–Kier alpha value is -3.03. The van der Waals surface area contributed by atoms with Crippen LogP contribution in [0, 0.1) is 0 Å². The number of hydrogen-bond donors (Lipinski definition) is 3. The summed E-state index contributed by atoms with van der Waals surface area (Å²) in [5.74, 6) is -0.243. The molecule has 1 aliphatic rings. The minimum Gasteiger partial charge on any atom is -0.352 e. The van der Waals surface area contributed by atoms with Crippen LogP contribution < -0.4 is 16.0 Å². The van der Waals surface area contributed by atoms with Gasteiger partial charge < -0.3 is 16.0 Å². The van der Waals surface area contributed by atoms with Gasteiger partial charge in [-0.15, -0.1) is 0 Å². The summed E-state index contributed by atoms with van der Waals surface area (Å²) in [7, 11) is 0. The highest BCUT2D eigenvalue weighted by Gasteiger charge is 2.33. The predicted molar refractivity (Wildman–Crippen MR) is 86.6 cm³/mol. The lowest BCUT2D eigenvalue weighted by atomic mass is 10.00. The van der Waals surface area contributed by atoms with E-state index in [-0.39, 0.29) is 11.6 Å². The van der Waals surface area contributed by atoms with Gasteiger partial charge >= 0.3 is 12.2 Å². The number of urea groups is 1. The van der Waals surface area contributed by atoms with Crippen LogP contribution in [0.15, 0.2) is 42.5 Å². The molecule has 25 heavy (non-hydrogen) atoms. The van der Waals surface area contributed by atoms with Crippen molar-refractivity contribution >= 4 is 23.3 Å². The normalized spacial score (nSPS) is 13.6. The standard InChI is InChI=1S/C17H14F3N3O2/c18-17(19,20)13-3-1-2-4-14(13)23-16(25)22-11-6-5-10-7-8-21-15(24)12(10)9-11/h1-6,9H,7-8H2,(H,21,24)(H2,22,23,25). The quantitative estimate of drug-likeness (QED) is 0.775. The van der Waals surface area contributed by atoms with Crippen LogP contribution in [0.5, 0.6) is 0 Å². The largest absolute Gasteiger partial charge is 0.418 e. The molecule has 1 heterocycles. The monoisotopic (exact) mass is 349 g/mol. The number of carbonyl (C=O) groups excluding carboxylic acids is 2. The smallest absolute Gasteiger partial charge is 0.352 e. The van der Waals surface area contributed by atoms with Crippen molar-refractivity contribution in [1.29, 1.82) is 0 Å². The molecule has 1 aliphatic heterocycles. The summed E-state index contributed by atoms with van der Waals surface area (Å²) in [6.45, 7) is 0.549. The summed E-state index contributed by atoms with van der Waals surface area (Å²) in [6.07, 6.45) is -3.89. The predicted octanol–water partition coefficient (Wildman–Crippen LogP) is 3.64. The second-order valence-electron chi connectivity index (χ2n) is 5.50. The molecule has 0 saturated heterocycles. The summed E-state index contributed by atoms with van der Waals surface area (Å²) >= 11 is 0. The number of alkyl halides is 3. The molecule has 0 spiro atoms. The van der Waals surface area contributed by atoms with Crippen molar-refractivity contribution in [3.8, 4) is 0 Å². The SMILES string of the molecule is O=C(Nc1ccc2c(c1)C(=O)NCC2)Nc1ccccc1C(F)(F)F. The van der Waals surface area contributed by atoms with E-state index >= 15 is 0 Å². The van der Waals surface area contributed by atoms with Crippen LogP contribution in [0.3, 0.4) is 0 Å². The molecule has 3 N–H and O–H groups in total. The fourth-order valence-corrected chi connectivity index (χ4v) is 2.61. The fraction of sp³-hybridized carbons (Fsp3) is 0.176. The van der Waals surface area contributed by atoms with Gasteiger partial charge in [-0.3, -0.25) is 4.79 Å². The van der Waals surface area contributed by atoms with E-state index in [4.69, 9.17) is 0 Å². The van der Waals surface area contributed by atoms with Gasteiger partial charge in [0.05, 0.1) is 11.3 Å². The van der Waals surface area contributed by atoms with Crippen molar-refractivity contribution in [3.63, 3.8) is 0 Å². The number of benzene rings is 2. The molecule has 0 radical (unpaired) electrons. The highest BCUT2D eigenvalue weighted by molar-refractivity contribution is 6.02. The van der Waals surface area contributed by atoms with Crippen molar-refractivity contribution in [1.82, 2.24) is 5.32 Å². The zero-order valence-corrected chi connectivity index (χ0v) is 12.9. The van der Waals surface area contributed by atoms with Crippen molar-refractivity contribution in [2.45, 2.75) is 12.6 Å². The highest BCUT2D eigenvalue weighted by Crippen LogP contribution is 2.34. The molecule has 0 aliphatic carbocycles. The lowest BCUT2D eigenvalue weighted by Crippen LogP contribution is -2.32. The van der Waals surface area contributed by atoms with E-state index < -0.39 is 17.8 Å². The second kappa shape index (κ2) is 6.46. The number of rotatable bonds is 2. The molecule has 0 unspecified atom stereocenters. The van der Waals surface area contributed by atoms with E-state index in [9.17, 15) is 22.8 Å². The molecule has 130 valence electrons. The lowest BCUT2D eigenvalue weighted by Gasteiger charge is -2.18. The first-order chi connectivity index (χ1) is 11.8. The maximum absolute atomic E-state index is 12.9. The van der Waals surface area contributed by atoms with Crippen LogP contribution in [0.1, 0.15) is 21.5 Å². The molecule has 0 bridgehead atoms. The van der Waals surface area contributed by atoms with Gasteiger partial charge in [0, 0.05) is 17.8 Å². The molecule has 2 aromatic rings. The first-order valence-corrected chi connectivity index (χ1v) is 7.50. The van der Waals surface area contributed by atoms with Gasteiger partial charge in [-0.05, 0) is 36.2 Å². The maximum Gasteiger partial charge on any atom is 0.418 e. The van der Waals surface area contributed by atoms with E-state index in [1.165, 1.54) is 24.3 Å². The van der Waals surface area contributed by atoms with Gasteiger partial charge in [-0.2, -0.15) is 13.2 Å². The van der Waals surface area contributed by atoms with E-state index in [0.29, 0.717) is 24.2 Å². The van der Waals surface area contributed by atoms with Crippen LogP contribution in [-0.4, -0.2) is 18.5 Å². The maximum atomic E-state index is 12.9. The number of nitrogens with one attached hydrogen (secondary N) is 3. The summed E-state index contributed by atoms with van der Waals surface area (Å²) < 4.78 is 38.8. The van der Waals surface area contributed by atoms with E-state index in [2.05, 4.69) is 16.0 Å². The Bertz CT molecular complexity index is 834. The van der Waals surface area contributed by atoms with Gasteiger partial charge in [0.25, 0.3) is 5.91 Å². The molecule has 5 nitrogen and oxygen atoms in total. The fourth-order valence-electron chi connectivity index (χ4n) is 2.61. The Morgan fingerprint density at radius 1 is 1.08 bits per heavy atom. The lowest BCUT2D eigenvalue weighted by molar-refractivity contribution is -0.136. The van der Waals surface area contributed by atoms with Gasteiger partial charge in [0.2, 0.25) is 0 Å². The van der Waals surface area contributed by atoms with Crippen LogP contribution in [0.4, 0.5) is 29.3 Å². The average Bonchev–Trinajstić information content (AvgIpc) is 2.55. The van der Waals surface area contributed by atoms with Crippen molar-refractivity contribution in [2.75, 3.05) is 17.2 Å².